The zero-order valence-corrected chi connectivity index (χ0v) is 11.4. The van der Waals surface area contributed by atoms with Crippen molar-refractivity contribution in [3.05, 3.63) is 53.1 Å². The summed E-state index contributed by atoms with van der Waals surface area (Å²) in [5.74, 6) is -0.437. The van der Waals surface area contributed by atoms with Crippen molar-refractivity contribution >= 4 is 23.2 Å². The average molecular weight is 295 g/mol. The predicted octanol–water partition coefficient (Wildman–Crippen LogP) is 3.53. The van der Waals surface area contributed by atoms with Gasteiger partial charge in [-0.1, -0.05) is 11.6 Å². The number of nitrogens with one attached hydrogen (secondary N) is 1. The van der Waals surface area contributed by atoms with Crippen LogP contribution in [0.3, 0.4) is 0 Å². The Balaban J connectivity index is 2.13. The lowest BCUT2D eigenvalue weighted by molar-refractivity contribution is 0.102. The molecule has 0 saturated carbocycles. The third-order valence-corrected chi connectivity index (χ3v) is 2.77. The third-order valence-electron chi connectivity index (χ3n) is 2.47. The van der Waals surface area contributed by atoms with Crippen LogP contribution in [0.25, 0.3) is 0 Å². The highest BCUT2D eigenvalue weighted by atomic mass is 35.5. The highest BCUT2D eigenvalue weighted by Gasteiger charge is 2.13. The van der Waals surface area contributed by atoms with Gasteiger partial charge in [-0.05, 0) is 37.3 Å². The summed E-state index contributed by atoms with van der Waals surface area (Å²) in [6.07, 6.45) is 0.954. The van der Waals surface area contributed by atoms with E-state index in [1.165, 1.54) is 0 Å². The molecule has 0 radical (unpaired) electrons. The van der Waals surface area contributed by atoms with Crippen LogP contribution in [0, 0.1) is 5.82 Å². The number of hydrogen-bond acceptors (Lipinski definition) is 3. The van der Waals surface area contributed by atoms with Gasteiger partial charge in [-0.25, -0.2) is 9.37 Å². The van der Waals surface area contributed by atoms with Gasteiger partial charge in [-0.2, -0.15) is 0 Å². The van der Waals surface area contributed by atoms with Gasteiger partial charge in [0.15, 0.2) is 0 Å². The Bertz CT molecular complexity index is 617. The number of pyridine rings is 1. The maximum atomic E-state index is 13.1. The molecule has 20 heavy (non-hydrogen) atoms. The number of ether oxygens (including phenoxy) is 1. The van der Waals surface area contributed by atoms with Crippen molar-refractivity contribution in [1.29, 1.82) is 0 Å². The van der Waals surface area contributed by atoms with Crippen LogP contribution in [0.15, 0.2) is 36.5 Å². The smallest absolute Gasteiger partial charge is 0.258 e. The molecular weight excluding hydrogens is 283 g/mol. The number of rotatable bonds is 4. The fourth-order valence-corrected chi connectivity index (χ4v) is 1.77. The highest BCUT2D eigenvalue weighted by Crippen LogP contribution is 2.19. The second kappa shape index (κ2) is 6.34. The van der Waals surface area contributed by atoms with Crippen molar-refractivity contribution in [3.63, 3.8) is 0 Å². The third kappa shape index (κ3) is 3.45. The predicted molar refractivity (Wildman–Crippen MR) is 74.8 cm³/mol. The number of carbonyl (C=O) groups is 1. The minimum absolute atomic E-state index is 0.0134. The van der Waals surface area contributed by atoms with E-state index in [1.807, 2.05) is 6.92 Å². The van der Waals surface area contributed by atoms with E-state index < -0.39 is 11.7 Å². The van der Waals surface area contributed by atoms with Crippen molar-refractivity contribution < 1.29 is 13.9 Å². The van der Waals surface area contributed by atoms with Crippen LogP contribution in [-0.4, -0.2) is 17.5 Å². The minimum Gasteiger partial charge on any atom is -0.494 e. The maximum absolute atomic E-state index is 13.1. The van der Waals surface area contributed by atoms with Crippen molar-refractivity contribution in [3.8, 4) is 5.75 Å². The van der Waals surface area contributed by atoms with Gasteiger partial charge < -0.3 is 10.1 Å². The molecule has 0 aliphatic heterocycles. The van der Waals surface area contributed by atoms with Crippen LogP contribution in [0.4, 0.5) is 10.1 Å². The first kappa shape index (κ1) is 14.3. The molecule has 0 spiro atoms. The van der Waals surface area contributed by atoms with Crippen LogP contribution in [0.5, 0.6) is 5.75 Å². The van der Waals surface area contributed by atoms with Crippen LogP contribution in [0.1, 0.15) is 17.3 Å². The molecule has 6 heteroatoms. The molecule has 1 N–H and O–H groups in total. The van der Waals surface area contributed by atoms with Crippen molar-refractivity contribution in [2.24, 2.45) is 0 Å². The number of anilines is 1. The molecule has 0 atom stereocenters. The minimum atomic E-state index is -0.619. The molecule has 104 valence electrons. The Kier molecular flexibility index (Phi) is 4.53. The first-order valence-corrected chi connectivity index (χ1v) is 6.33. The number of hydrogen-bond donors (Lipinski definition) is 1. The van der Waals surface area contributed by atoms with Gasteiger partial charge >= 0.3 is 0 Å². The molecule has 1 aromatic heterocycles. The van der Waals surface area contributed by atoms with Crippen LogP contribution in [0.2, 0.25) is 5.15 Å². The molecule has 0 saturated heterocycles. The van der Waals surface area contributed by atoms with E-state index in [0.29, 0.717) is 18.0 Å². The summed E-state index contributed by atoms with van der Waals surface area (Å²) < 4.78 is 18.4. The molecule has 2 aromatic rings. The van der Waals surface area contributed by atoms with E-state index in [4.69, 9.17) is 16.3 Å². The Morgan fingerprint density at radius 2 is 2.10 bits per heavy atom. The van der Waals surface area contributed by atoms with E-state index in [9.17, 15) is 9.18 Å². The second-order valence-corrected chi connectivity index (χ2v) is 4.26. The quantitative estimate of drug-likeness (QED) is 0.878. The monoisotopic (exact) mass is 294 g/mol. The SMILES string of the molecule is CCOc1ccc(NC(=O)c2cc(F)cnc2Cl)cc1. The largest absolute Gasteiger partial charge is 0.494 e. The van der Waals surface area contributed by atoms with E-state index in [2.05, 4.69) is 10.3 Å². The van der Waals surface area contributed by atoms with Gasteiger partial charge in [0.25, 0.3) is 5.91 Å². The molecule has 1 heterocycles. The number of benzene rings is 1. The fraction of sp³-hybridized carbons (Fsp3) is 0.143. The first-order chi connectivity index (χ1) is 9.60. The summed E-state index contributed by atoms with van der Waals surface area (Å²) >= 11 is 5.77. The van der Waals surface area contributed by atoms with Gasteiger partial charge in [0.05, 0.1) is 18.4 Å². The average Bonchev–Trinajstić information content (AvgIpc) is 2.44. The fourth-order valence-electron chi connectivity index (χ4n) is 1.58. The van der Waals surface area contributed by atoms with Gasteiger partial charge in [-0.3, -0.25) is 4.79 Å². The molecule has 0 fully saturated rings. The lowest BCUT2D eigenvalue weighted by Crippen LogP contribution is -2.13. The Morgan fingerprint density at radius 1 is 1.40 bits per heavy atom. The number of halogens is 2. The molecule has 2 rings (SSSR count). The molecule has 0 bridgehead atoms. The van der Waals surface area contributed by atoms with E-state index >= 15 is 0 Å². The van der Waals surface area contributed by atoms with Crippen molar-refractivity contribution in [2.75, 3.05) is 11.9 Å². The Hall–Kier alpha value is -2.14. The van der Waals surface area contributed by atoms with Gasteiger partial charge in [0.2, 0.25) is 0 Å². The zero-order chi connectivity index (χ0) is 14.5. The summed E-state index contributed by atoms with van der Waals surface area (Å²) in [7, 11) is 0. The van der Waals surface area contributed by atoms with Gasteiger partial charge in [0, 0.05) is 5.69 Å². The van der Waals surface area contributed by atoms with E-state index in [0.717, 1.165) is 12.3 Å². The summed E-state index contributed by atoms with van der Waals surface area (Å²) in [5, 5.41) is 2.56. The van der Waals surface area contributed by atoms with Crippen molar-refractivity contribution in [2.45, 2.75) is 6.92 Å². The molecule has 1 amide bonds. The molecule has 0 unspecified atom stereocenters. The number of amides is 1. The topological polar surface area (TPSA) is 51.2 Å². The number of nitrogens with zero attached hydrogens (tertiary/aromatic N) is 1. The molecule has 4 nitrogen and oxygen atoms in total. The lowest BCUT2D eigenvalue weighted by Gasteiger charge is -2.08. The van der Waals surface area contributed by atoms with E-state index in [-0.39, 0.29) is 10.7 Å². The zero-order valence-electron chi connectivity index (χ0n) is 10.7. The molecule has 0 aliphatic rings. The number of carbonyl (C=O) groups excluding carboxylic acids is 1. The first-order valence-electron chi connectivity index (χ1n) is 5.95. The normalized spacial score (nSPS) is 10.2. The second-order valence-electron chi connectivity index (χ2n) is 3.90. The van der Waals surface area contributed by atoms with E-state index in [1.54, 1.807) is 24.3 Å². The van der Waals surface area contributed by atoms with Gasteiger partial charge in [-0.15, -0.1) is 0 Å². The Labute approximate surface area is 120 Å². The van der Waals surface area contributed by atoms with Crippen molar-refractivity contribution in [1.82, 2.24) is 4.98 Å². The van der Waals surface area contributed by atoms with Crippen LogP contribution in [-0.2, 0) is 0 Å². The number of aromatic nitrogens is 1. The van der Waals surface area contributed by atoms with Gasteiger partial charge in [0.1, 0.15) is 16.7 Å². The highest BCUT2D eigenvalue weighted by molar-refractivity contribution is 6.33. The standard InChI is InChI=1S/C14H12ClFN2O2/c1-2-20-11-5-3-10(4-6-11)18-14(19)12-7-9(16)8-17-13(12)15/h3-8H,2H2,1H3,(H,18,19). The molecule has 0 aliphatic carbocycles. The Morgan fingerprint density at radius 3 is 2.75 bits per heavy atom. The van der Waals surface area contributed by atoms with Crippen LogP contribution >= 0.6 is 11.6 Å². The summed E-state index contributed by atoms with van der Waals surface area (Å²) in [5.41, 5.74) is 0.541. The summed E-state index contributed by atoms with van der Waals surface area (Å²) in [4.78, 5) is 15.6. The molecular formula is C14H12ClFN2O2. The van der Waals surface area contributed by atoms with Crippen LogP contribution < -0.4 is 10.1 Å². The summed E-state index contributed by atoms with van der Waals surface area (Å²) in [6, 6.07) is 7.86. The lowest BCUT2D eigenvalue weighted by atomic mass is 10.2. The maximum Gasteiger partial charge on any atom is 0.258 e. The molecule has 1 aromatic carbocycles. The summed E-state index contributed by atoms with van der Waals surface area (Å²) in [6.45, 7) is 2.45.